The topological polar surface area (TPSA) is 67.2 Å². The van der Waals surface area contributed by atoms with E-state index < -0.39 is 5.91 Å². The molecule has 0 spiro atoms. The van der Waals surface area contributed by atoms with Gasteiger partial charge in [-0.1, -0.05) is 63.7 Å². The molecule has 9 heteroatoms. The van der Waals surface area contributed by atoms with Crippen LogP contribution < -0.4 is 10.9 Å². The Bertz CT molecular complexity index is 948. The number of halogens is 4. The van der Waals surface area contributed by atoms with E-state index in [1.807, 2.05) is 0 Å². The summed E-state index contributed by atoms with van der Waals surface area (Å²) in [5.41, 5.74) is 6.45. The Kier molecular flexibility index (Phi) is 5.63. The number of carbonyl (C=O) groups is 1. The number of hydrazine groups is 1. The zero-order valence-electron chi connectivity index (χ0n) is 13.2. The molecule has 26 heavy (non-hydrogen) atoms. The van der Waals surface area contributed by atoms with Crippen LogP contribution in [0.15, 0.2) is 40.9 Å². The molecule has 1 aromatic heterocycles. The lowest BCUT2D eigenvalue weighted by atomic mass is 10.1. The van der Waals surface area contributed by atoms with Crippen LogP contribution in [0.1, 0.15) is 16.1 Å². The summed E-state index contributed by atoms with van der Waals surface area (Å²) in [4.78, 5) is 12.7. The van der Waals surface area contributed by atoms with Crippen LogP contribution in [0.2, 0.25) is 20.1 Å². The Morgan fingerprint density at radius 3 is 2.08 bits per heavy atom. The number of benzene rings is 2. The van der Waals surface area contributed by atoms with E-state index in [1.54, 1.807) is 43.3 Å². The Labute approximate surface area is 169 Å². The Morgan fingerprint density at radius 2 is 1.50 bits per heavy atom. The highest BCUT2D eigenvalue weighted by Crippen LogP contribution is 2.36. The van der Waals surface area contributed by atoms with E-state index in [0.717, 1.165) is 0 Å². The summed E-state index contributed by atoms with van der Waals surface area (Å²) >= 11 is 24.6. The molecule has 0 radical (unpaired) electrons. The number of para-hydroxylation sites is 1. The maximum absolute atomic E-state index is 12.7. The third-order valence-electron chi connectivity index (χ3n) is 3.55. The number of nitrogens with zero attached hydrogens (tertiary/aromatic N) is 1. The molecule has 0 fully saturated rings. The van der Waals surface area contributed by atoms with E-state index in [1.165, 1.54) is 0 Å². The standard InChI is InChI=1S/C17H11Cl4N3O2/c1-8-13(16(24-26-8)14-9(18)4-2-5-10(14)19)17(25)23-22-15-11(20)6-3-7-12(15)21/h2-7,22H,1H3,(H,23,25). The third kappa shape index (κ3) is 3.62. The average Bonchev–Trinajstić information content (AvgIpc) is 2.95. The van der Waals surface area contributed by atoms with Gasteiger partial charge in [-0.3, -0.25) is 15.6 Å². The molecule has 0 bridgehead atoms. The van der Waals surface area contributed by atoms with E-state index in [4.69, 9.17) is 50.9 Å². The molecule has 0 saturated carbocycles. The summed E-state index contributed by atoms with van der Waals surface area (Å²) in [6.07, 6.45) is 0. The van der Waals surface area contributed by atoms with Gasteiger partial charge in [-0.25, -0.2) is 0 Å². The predicted octanol–water partition coefficient (Wildman–Crippen LogP) is 6.02. The highest BCUT2D eigenvalue weighted by Gasteiger charge is 2.25. The molecular formula is C17H11Cl4N3O2. The highest BCUT2D eigenvalue weighted by molar-refractivity contribution is 6.40. The van der Waals surface area contributed by atoms with Crippen molar-refractivity contribution < 1.29 is 9.32 Å². The van der Waals surface area contributed by atoms with Gasteiger partial charge in [-0.05, 0) is 31.2 Å². The minimum Gasteiger partial charge on any atom is -0.360 e. The van der Waals surface area contributed by atoms with Crippen LogP contribution in [0.5, 0.6) is 0 Å². The number of carbonyl (C=O) groups excluding carboxylic acids is 1. The quantitative estimate of drug-likeness (QED) is 0.496. The van der Waals surface area contributed by atoms with Crippen LogP contribution in [-0.2, 0) is 0 Å². The Hall–Kier alpha value is -1.92. The van der Waals surface area contributed by atoms with Crippen molar-refractivity contribution in [2.75, 3.05) is 5.43 Å². The maximum Gasteiger partial charge on any atom is 0.275 e. The van der Waals surface area contributed by atoms with Crippen LogP contribution in [0.25, 0.3) is 11.3 Å². The van der Waals surface area contributed by atoms with Gasteiger partial charge in [0.2, 0.25) is 0 Å². The van der Waals surface area contributed by atoms with Gasteiger partial charge in [-0.15, -0.1) is 0 Å². The fourth-order valence-corrected chi connectivity index (χ4v) is 3.40. The van der Waals surface area contributed by atoms with Crippen molar-refractivity contribution >= 4 is 58.0 Å². The molecule has 0 aliphatic heterocycles. The van der Waals surface area contributed by atoms with Crippen LogP contribution in [0.4, 0.5) is 5.69 Å². The Morgan fingerprint density at radius 1 is 0.962 bits per heavy atom. The number of anilines is 1. The summed E-state index contributed by atoms with van der Waals surface area (Å²) in [6.45, 7) is 1.61. The molecule has 0 aliphatic carbocycles. The van der Waals surface area contributed by atoms with Crippen LogP contribution in [0, 0.1) is 6.92 Å². The Balaban J connectivity index is 1.93. The first-order chi connectivity index (χ1) is 12.4. The first-order valence-electron chi connectivity index (χ1n) is 7.31. The van der Waals surface area contributed by atoms with Crippen molar-refractivity contribution in [3.63, 3.8) is 0 Å². The number of aromatic nitrogens is 1. The molecule has 134 valence electrons. The van der Waals surface area contributed by atoms with Crippen molar-refractivity contribution in [2.24, 2.45) is 0 Å². The van der Waals surface area contributed by atoms with Crippen molar-refractivity contribution in [1.29, 1.82) is 0 Å². The maximum atomic E-state index is 12.7. The van der Waals surface area contributed by atoms with E-state index >= 15 is 0 Å². The fourth-order valence-electron chi connectivity index (χ4n) is 2.33. The van der Waals surface area contributed by atoms with E-state index in [-0.39, 0.29) is 11.3 Å². The van der Waals surface area contributed by atoms with E-state index in [9.17, 15) is 4.79 Å². The summed E-state index contributed by atoms with van der Waals surface area (Å²) in [7, 11) is 0. The molecule has 0 atom stereocenters. The minimum absolute atomic E-state index is 0.190. The first kappa shape index (κ1) is 18.9. The van der Waals surface area contributed by atoms with Crippen LogP contribution in [0.3, 0.4) is 0 Å². The molecule has 1 heterocycles. The van der Waals surface area contributed by atoms with Gasteiger partial charge < -0.3 is 4.52 Å². The van der Waals surface area contributed by atoms with E-state index in [0.29, 0.717) is 37.1 Å². The summed E-state index contributed by atoms with van der Waals surface area (Å²) in [5.74, 6) is -0.203. The molecule has 3 rings (SSSR count). The lowest BCUT2D eigenvalue weighted by molar-refractivity contribution is 0.0961. The van der Waals surface area contributed by atoms with Crippen molar-refractivity contribution in [2.45, 2.75) is 6.92 Å². The van der Waals surface area contributed by atoms with Gasteiger partial charge in [0.25, 0.3) is 5.91 Å². The largest absolute Gasteiger partial charge is 0.360 e. The minimum atomic E-state index is -0.509. The van der Waals surface area contributed by atoms with Gasteiger partial charge in [0.1, 0.15) is 17.0 Å². The lowest BCUT2D eigenvalue weighted by Crippen LogP contribution is -2.30. The molecule has 1 amide bonds. The van der Waals surface area contributed by atoms with Crippen molar-refractivity contribution in [1.82, 2.24) is 10.6 Å². The smallest absolute Gasteiger partial charge is 0.275 e. The van der Waals surface area contributed by atoms with Crippen molar-refractivity contribution in [3.8, 4) is 11.3 Å². The van der Waals surface area contributed by atoms with Gasteiger partial charge in [0.05, 0.1) is 25.8 Å². The predicted molar refractivity (Wildman–Crippen MR) is 104 cm³/mol. The number of aryl methyl sites for hydroxylation is 1. The van der Waals surface area contributed by atoms with Gasteiger partial charge in [0.15, 0.2) is 0 Å². The molecule has 2 aromatic carbocycles. The normalized spacial score (nSPS) is 10.7. The van der Waals surface area contributed by atoms with Crippen LogP contribution in [-0.4, -0.2) is 11.1 Å². The molecule has 0 aliphatic rings. The van der Waals surface area contributed by atoms with Crippen LogP contribution >= 0.6 is 46.4 Å². The molecule has 3 aromatic rings. The first-order valence-corrected chi connectivity index (χ1v) is 8.82. The monoisotopic (exact) mass is 429 g/mol. The zero-order chi connectivity index (χ0) is 18.8. The molecule has 2 N–H and O–H groups in total. The van der Waals surface area contributed by atoms with Gasteiger partial charge >= 0.3 is 0 Å². The summed E-state index contributed by atoms with van der Waals surface area (Å²) < 4.78 is 5.17. The second-order valence-electron chi connectivity index (χ2n) is 5.23. The number of rotatable bonds is 4. The van der Waals surface area contributed by atoms with E-state index in [2.05, 4.69) is 16.0 Å². The lowest BCUT2D eigenvalue weighted by Gasteiger charge is -2.12. The SMILES string of the molecule is Cc1onc(-c2c(Cl)cccc2Cl)c1C(=O)NNc1c(Cl)cccc1Cl. The summed E-state index contributed by atoms with van der Waals surface area (Å²) in [5, 5.41) is 5.34. The van der Waals surface area contributed by atoms with Gasteiger partial charge in [0, 0.05) is 5.56 Å². The average molecular weight is 431 g/mol. The van der Waals surface area contributed by atoms with Crippen molar-refractivity contribution in [3.05, 3.63) is 67.8 Å². The van der Waals surface area contributed by atoms with Gasteiger partial charge in [-0.2, -0.15) is 0 Å². The molecule has 0 unspecified atom stereocenters. The third-order valence-corrected chi connectivity index (χ3v) is 4.81. The molecular weight excluding hydrogens is 420 g/mol. The molecule has 5 nitrogen and oxygen atoms in total. The number of hydrogen-bond donors (Lipinski definition) is 2. The number of hydrogen-bond acceptors (Lipinski definition) is 4. The number of nitrogens with one attached hydrogen (secondary N) is 2. The zero-order valence-corrected chi connectivity index (χ0v) is 16.3. The highest BCUT2D eigenvalue weighted by atomic mass is 35.5. The number of amides is 1. The molecule has 0 saturated heterocycles. The second kappa shape index (κ2) is 7.76. The fraction of sp³-hybridized carbons (Fsp3) is 0.0588. The second-order valence-corrected chi connectivity index (χ2v) is 6.86. The summed E-state index contributed by atoms with van der Waals surface area (Å²) in [6, 6.07) is 9.97.